The highest BCUT2D eigenvalue weighted by atomic mass is 35.5. The van der Waals surface area contributed by atoms with E-state index < -0.39 is 6.04 Å². The second-order valence-electron chi connectivity index (χ2n) is 9.47. The van der Waals surface area contributed by atoms with Crippen molar-refractivity contribution < 1.29 is 4.79 Å². The molecule has 1 amide bonds. The molecule has 0 saturated carbocycles. The van der Waals surface area contributed by atoms with E-state index in [9.17, 15) is 10.1 Å². The van der Waals surface area contributed by atoms with Crippen LogP contribution in [0.15, 0.2) is 73.1 Å². The van der Waals surface area contributed by atoms with Crippen LogP contribution in [0.2, 0.25) is 10.0 Å². The second-order valence-corrected chi connectivity index (χ2v) is 10.3. The van der Waals surface area contributed by atoms with Gasteiger partial charge in [0.25, 0.3) is 0 Å². The fourth-order valence-corrected chi connectivity index (χ4v) is 4.47. The summed E-state index contributed by atoms with van der Waals surface area (Å²) in [4.78, 5) is 22.6. The summed E-state index contributed by atoms with van der Waals surface area (Å²) in [5.41, 5.74) is 2.29. The summed E-state index contributed by atoms with van der Waals surface area (Å²) in [6, 6.07) is 19.8. The molecule has 0 aliphatic carbocycles. The Kier molecular flexibility index (Phi) is 9.42. The summed E-state index contributed by atoms with van der Waals surface area (Å²) in [7, 11) is 0. The van der Waals surface area contributed by atoms with Crippen molar-refractivity contribution >= 4 is 40.9 Å². The SMILES string of the molecule is CC(C)C[C@@H](Nc1cc(-n2cccc2)nc(NCc2cccc(C#N)c2)n1)C(=O)NCc1ccc(Cl)cc1Cl. The number of nitrogens with one attached hydrogen (secondary N) is 3. The monoisotopic (exact) mass is 561 g/mol. The molecule has 2 aromatic heterocycles. The zero-order valence-corrected chi connectivity index (χ0v) is 23.2. The maximum absolute atomic E-state index is 13.3. The van der Waals surface area contributed by atoms with Gasteiger partial charge in [-0.05, 0) is 59.9 Å². The van der Waals surface area contributed by atoms with Crippen LogP contribution in [-0.2, 0) is 17.9 Å². The van der Waals surface area contributed by atoms with Crippen LogP contribution in [0.4, 0.5) is 11.8 Å². The van der Waals surface area contributed by atoms with Crippen molar-refractivity contribution in [1.29, 1.82) is 5.26 Å². The molecule has 0 spiro atoms. The molecule has 8 nitrogen and oxygen atoms in total. The minimum Gasteiger partial charge on any atom is -0.358 e. The first-order chi connectivity index (χ1) is 18.8. The predicted molar refractivity (Wildman–Crippen MR) is 155 cm³/mol. The number of benzene rings is 2. The van der Waals surface area contributed by atoms with Gasteiger partial charge in [0, 0.05) is 41.6 Å². The summed E-state index contributed by atoms with van der Waals surface area (Å²) in [6.07, 6.45) is 4.37. The molecule has 0 fully saturated rings. The van der Waals surface area contributed by atoms with Gasteiger partial charge < -0.3 is 20.5 Å². The van der Waals surface area contributed by atoms with E-state index >= 15 is 0 Å². The molecule has 1 atom stereocenters. The average molecular weight is 563 g/mol. The Labute approximate surface area is 238 Å². The number of aromatic nitrogens is 3. The molecule has 0 radical (unpaired) electrons. The van der Waals surface area contributed by atoms with Crippen LogP contribution in [0, 0.1) is 17.2 Å². The number of rotatable bonds is 11. The highest BCUT2D eigenvalue weighted by Gasteiger charge is 2.21. The minimum atomic E-state index is -0.538. The van der Waals surface area contributed by atoms with Gasteiger partial charge in [-0.25, -0.2) is 0 Å². The number of nitriles is 1. The summed E-state index contributed by atoms with van der Waals surface area (Å²) < 4.78 is 1.87. The van der Waals surface area contributed by atoms with E-state index in [1.165, 1.54) is 0 Å². The molecule has 2 heterocycles. The molecule has 200 valence electrons. The van der Waals surface area contributed by atoms with Crippen LogP contribution in [0.3, 0.4) is 0 Å². The van der Waals surface area contributed by atoms with E-state index in [0.717, 1.165) is 11.1 Å². The molecule has 10 heteroatoms. The summed E-state index contributed by atoms with van der Waals surface area (Å²) in [5, 5.41) is 19.8. The summed E-state index contributed by atoms with van der Waals surface area (Å²) in [5.74, 6) is 1.62. The maximum Gasteiger partial charge on any atom is 0.242 e. The van der Waals surface area contributed by atoms with Crippen molar-refractivity contribution in [2.24, 2.45) is 5.92 Å². The highest BCUT2D eigenvalue weighted by molar-refractivity contribution is 6.35. The first-order valence-corrected chi connectivity index (χ1v) is 13.3. The highest BCUT2D eigenvalue weighted by Crippen LogP contribution is 2.22. The topological polar surface area (TPSA) is 108 Å². The maximum atomic E-state index is 13.3. The van der Waals surface area contributed by atoms with Gasteiger partial charge in [0.1, 0.15) is 17.7 Å². The molecule has 39 heavy (non-hydrogen) atoms. The molecular weight excluding hydrogens is 533 g/mol. The van der Waals surface area contributed by atoms with Crippen LogP contribution < -0.4 is 16.0 Å². The Morgan fingerprint density at radius 1 is 1.03 bits per heavy atom. The second kappa shape index (κ2) is 13.1. The molecule has 2 aromatic carbocycles. The zero-order chi connectivity index (χ0) is 27.8. The molecule has 0 aliphatic heterocycles. The van der Waals surface area contributed by atoms with Gasteiger partial charge in [-0.3, -0.25) is 4.79 Å². The minimum absolute atomic E-state index is 0.168. The predicted octanol–water partition coefficient (Wildman–Crippen LogP) is 6.20. The number of nitrogens with zero attached hydrogens (tertiary/aromatic N) is 4. The third kappa shape index (κ3) is 7.96. The number of carbonyl (C=O) groups is 1. The molecule has 0 unspecified atom stereocenters. The number of hydrogen-bond acceptors (Lipinski definition) is 6. The first kappa shape index (κ1) is 28.0. The van der Waals surface area contributed by atoms with E-state index in [2.05, 4.69) is 45.8 Å². The van der Waals surface area contributed by atoms with Gasteiger partial charge in [0.2, 0.25) is 11.9 Å². The summed E-state index contributed by atoms with van der Waals surface area (Å²) >= 11 is 12.3. The number of hydrogen-bond donors (Lipinski definition) is 3. The largest absolute Gasteiger partial charge is 0.358 e. The third-order valence-electron chi connectivity index (χ3n) is 5.90. The van der Waals surface area contributed by atoms with Gasteiger partial charge in [0.05, 0.1) is 11.6 Å². The van der Waals surface area contributed by atoms with Gasteiger partial charge in [-0.1, -0.05) is 55.2 Å². The van der Waals surface area contributed by atoms with Gasteiger partial charge in [-0.15, -0.1) is 0 Å². The normalized spacial score (nSPS) is 11.6. The number of amides is 1. The van der Waals surface area contributed by atoms with E-state index in [0.29, 0.717) is 46.2 Å². The van der Waals surface area contributed by atoms with Crippen molar-refractivity contribution in [1.82, 2.24) is 19.9 Å². The van der Waals surface area contributed by atoms with Crippen LogP contribution in [0.5, 0.6) is 0 Å². The average Bonchev–Trinajstić information content (AvgIpc) is 3.46. The fraction of sp³-hybridized carbons (Fsp3) is 0.241. The fourth-order valence-electron chi connectivity index (χ4n) is 3.99. The third-order valence-corrected chi connectivity index (χ3v) is 6.49. The Balaban J connectivity index is 1.54. The zero-order valence-electron chi connectivity index (χ0n) is 21.7. The van der Waals surface area contributed by atoms with Crippen molar-refractivity contribution in [2.45, 2.75) is 39.4 Å². The summed E-state index contributed by atoms with van der Waals surface area (Å²) in [6.45, 7) is 4.83. The standard InChI is InChI=1S/C29H29Cl2N7O/c1-19(2)12-25(28(39)33-18-22-8-9-23(30)14-24(22)31)35-26-15-27(38-10-3-4-11-38)37-29(36-26)34-17-21-7-5-6-20(13-21)16-32/h3-11,13-15,19,25H,12,17-18H2,1-2H3,(H,33,39)(H2,34,35,36,37)/t25-/m1/s1. The molecule has 0 bridgehead atoms. The van der Waals surface area contributed by atoms with Gasteiger partial charge >= 0.3 is 0 Å². The number of halogens is 2. The Bertz CT molecular complexity index is 1460. The van der Waals surface area contributed by atoms with Crippen molar-refractivity contribution in [3.8, 4) is 11.9 Å². The van der Waals surface area contributed by atoms with Crippen LogP contribution in [-0.4, -0.2) is 26.5 Å². The molecular formula is C29H29Cl2N7O. The van der Waals surface area contributed by atoms with E-state index in [4.69, 9.17) is 23.2 Å². The lowest BCUT2D eigenvalue weighted by Crippen LogP contribution is -2.40. The van der Waals surface area contributed by atoms with Crippen molar-refractivity contribution in [2.75, 3.05) is 10.6 Å². The van der Waals surface area contributed by atoms with Crippen LogP contribution in [0.1, 0.15) is 37.0 Å². The van der Waals surface area contributed by atoms with E-state index in [1.807, 2.05) is 47.3 Å². The Morgan fingerprint density at radius 3 is 2.54 bits per heavy atom. The molecule has 0 saturated heterocycles. The molecule has 3 N–H and O–H groups in total. The van der Waals surface area contributed by atoms with Gasteiger partial charge in [-0.2, -0.15) is 15.2 Å². The van der Waals surface area contributed by atoms with Crippen LogP contribution >= 0.6 is 23.2 Å². The number of carbonyl (C=O) groups excluding carboxylic acids is 1. The lowest BCUT2D eigenvalue weighted by atomic mass is 10.0. The van der Waals surface area contributed by atoms with Crippen molar-refractivity contribution in [3.05, 3.63) is 99.8 Å². The molecule has 0 aliphatic rings. The smallest absolute Gasteiger partial charge is 0.242 e. The van der Waals surface area contributed by atoms with E-state index in [1.54, 1.807) is 30.3 Å². The lowest BCUT2D eigenvalue weighted by molar-refractivity contribution is -0.122. The number of anilines is 2. The first-order valence-electron chi connectivity index (χ1n) is 12.5. The molecule has 4 aromatic rings. The van der Waals surface area contributed by atoms with Gasteiger partial charge in [0.15, 0.2) is 0 Å². The van der Waals surface area contributed by atoms with Crippen molar-refractivity contribution in [3.63, 3.8) is 0 Å². The lowest BCUT2D eigenvalue weighted by Gasteiger charge is -2.22. The van der Waals surface area contributed by atoms with Crippen LogP contribution in [0.25, 0.3) is 5.82 Å². The quantitative estimate of drug-likeness (QED) is 0.201. The Morgan fingerprint density at radius 2 is 1.82 bits per heavy atom. The Hall–Kier alpha value is -4.06. The molecule has 4 rings (SSSR count). The van der Waals surface area contributed by atoms with E-state index in [-0.39, 0.29) is 18.4 Å².